The zero-order valence-electron chi connectivity index (χ0n) is 11.4. The van der Waals surface area contributed by atoms with Gasteiger partial charge in [-0.2, -0.15) is 0 Å². The van der Waals surface area contributed by atoms with Gasteiger partial charge in [-0.25, -0.2) is 4.98 Å². The minimum absolute atomic E-state index is 0.598. The smallest absolute Gasteiger partial charge is 0.143 e. The molecule has 0 aliphatic heterocycles. The van der Waals surface area contributed by atoms with E-state index in [9.17, 15) is 0 Å². The average Bonchev–Trinajstić information content (AvgIpc) is 2.35. The molecule has 2 N–H and O–H groups in total. The summed E-state index contributed by atoms with van der Waals surface area (Å²) in [6.45, 7) is 4.37. The van der Waals surface area contributed by atoms with E-state index >= 15 is 0 Å². The maximum Gasteiger partial charge on any atom is 0.143 e. The molecule has 1 aliphatic rings. The highest BCUT2D eigenvalue weighted by Crippen LogP contribution is 2.34. The number of nitrogens with two attached hydrogens (primary N) is 1. The van der Waals surface area contributed by atoms with E-state index in [2.05, 4.69) is 39.8 Å². The van der Waals surface area contributed by atoms with Gasteiger partial charge >= 0.3 is 0 Å². The quantitative estimate of drug-likeness (QED) is 0.904. The van der Waals surface area contributed by atoms with E-state index in [1.807, 2.05) is 6.92 Å². The third-order valence-corrected chi connectivity index (χ3v) is 5.02. The molecule has 18 heavy (non-hydrogen) atoms. The molecular formula is C14H22BrN3. The first-order valence-electron chi connectivity index (χ1n) is 6.64. The van der Waals surface area contributed by atoms with Crippen LogP contribution in [0.1, 0.15) is 38.2 Å². The van der Waals surface area contributed by atoms with Crippen molar-refractivity contribution < 1.29 is 0 Å². The molecule has 1 fully saturated rings. The lowest BCUT2D eigenvalue weighted by Crippen LogP contribution is -2.36. The number of halogens is 1. The molecule has 0 bridgehead atoms. The van der Waals surface area contributed by atoms with Gasteiger partial charge in [-0.1, -0.05) is 19.8 Å². The second kappa shape index (κ2) is 5.47. The van der Waals surface area contributed by atoms with E-state index in [0.717, 1.165) is 27.5 Å². The summed E-state index contributed by atoms with van der Waals surface area (Å²) in [6.07, 6.45) is 6.96. The molecule has 0 saturated heterocycles. The van der Waals surface area contributed by atoms with Crippen LogP contribution in [0.2, 0.25) is 0 Å². The number of rotatable bonds is 2. The van der Waals surface area contributed by atoms with Gasteiger partial charge in [-0.05, 0) is 47.2 Å². The first kappa shape index (κ1) is 13.7. The van der Waals surface area contributed by atoms with Crippen molar-refractivity contribution in [2.24, 2.45) is 5.92 Å². The van der Waals surface area contributed by atoms with Crippen molar-refractivity contribution in [2.45, 2.75) is 45.6 Å². The third kappa shape index (κ3) is 2.63. The third-order valence-electron chi connectivity index (χ3n) is 4.08. The second-order valence-electron chi connectivity index (χ2n) is 5.51. The van der Waals surface area contributed by atoms with Crippen LogP contribution in [0.5, 0.6) is 0 Å². The molecule has 3 nitrogen and oxygen atoms in total. The van der Waals surface area contributed by atoms with Crippen molar-refractivity contribution in [3.05, 3.63) is 16.2 Å². The van der Waals surface area contributed by atoms with Gasteiger partial charge < -0.3 is 10.6 Å². The molecule has 2 rings (SSSR count). The number of aromatic nitrogens is 1. The topological polar surface area (TPSA) is 42.1 Å². The Balaban J connectivity index is 2.23. The molecule has 0 spiro atoms. The summed E-state index contributed by atoms with van der Waals surface area (Å²) in [7, 11) is 2.14. The summed E-state index contributed by atoms with van der Waals surface area (Å²) < 4.78 is 1.03. The number of nitrogens with zero attached hydrogens (tertiary/aromatic N) is 2. The number of hydrogen-bond acceptors (Lipinski definition) is 3. The van der Waals surface area contributed by atoms with Crippen LogP contribution in [0.4, 0.5) is 11.5 Å². The van der Waals surface area contributed by atoms with E-state index in [0.29, 0.717) is 6.04 Å². The fraction of sp³-hybridized carbons (Fsp3) is 0.643. The number of anilines is 2. The second-order valence-corrected chi connectivity index (χ2v) is 6.31. The Bertz CT molecular complexity index is 433. The molecule has 1 aliphatic carbocycles. The molecule has 2 unspecified atom stereocenters. The summed E-state index contributed by atoms with van der Waals surface area (Å²) in [6, 6.07) is 0.598. The van der Waals surface area contributed by atoms with Gasteiger partial charge in [0, 0.05) is 13.1 Å². The van der Waals surface area contributed by atoms with Crippen LogP contribution in [-0.4, -0.2) is 18.1 Å². The molecule has 1 saturated carbocycles. The van der Waals surface area contributed by atoms with Gasteiger partial charge in [0.05, 0.1) is 16.4 Å². The zero-order valence-corrected chi connectivity index (χ0v) is 13.0. The molecule has 1 heterocycles. The SMILES string of the molecule is Cc1c(N)cnc(N(C)C2CCCC(C)C2)c1Br. The van der Waals surface area contributed by atoms with Gasteiger partial charge in [0.1, 0.15) is 5.82 Å². The van der Waals surface area contributed by atoms with Crippen LogP contribution in [0.3, 0.4) is 0 Å². The molecular weight excluding hydrogens is 290 g/mol. The molecule has 0 radical (unpaired) electrons. The van der Waals surface area contributed by atoms with Crippen molar-refractivity contribution in [3.8, 4) is 0 Å². The number of pyridine rings is 1. The van der Waals surface area contributed by atoms with Gasteiger partial charge in [0.25, 0.3) is 0 Å². The molecule has 1 aromatic rings. The highest BCUT2D eigenvalue weighted by atomic mass is 79.9. The van der Waals surface area contributed by atoms with Crippen LogP contribution in [0.15, 0.2) is 10.7 Å². The van der Waals surface area contributed by atoms with Crippen molar-refractivity contribution in [1.29, 1.82) is 0 Å². The number of hydrogen-bond donors (Lipinski definition) is 1. The fourth-order valence-corrected chi connectivity index (χ4v) is 3.36. The monoisotopic (exact) mass is 311 g/mol. The maximum absolute atomic E-state index is 5.88. The van der Waals surface area contributed by atoms with Crippen LogP contribution in [-0.2, 0) is 0 Å². The lowest BCUT2D eigenvalue weighted by Gasteiger charge is -2.35. The summed E-state index contributed by atoms with van der Waals surface area (Å²) in [5, 5.41) is 0. The minimum Gasteiger partial charge on any atom is -0.397 e. The van der Waals surface area contributed by atoms with Crippen LogP contribution in [0.25, 0.3) is 0 Å². The molecule has 1 aromatic heterocycles. The van der Waals surface area contributed by atoms with E-state index in [-0.39, 0.29) is 0 Å². The Hall–Kier alpha value is -0.770. The molecule has 100 valence electrons. The Kier molecular flexibility index (Phi) is 4.15. The lowest BCUT2D eigenvalue weighted by atomic mass is 9.86. The Labute approximate surface area is 118 Å². The molecule has 0 aromatic carbocycles. The summed E-state index contributed by atoms with van der Waals surface area (Å²) in [5.74, 6) is 1.83. The van der Waals surface area contributed by atoms with Crippen molar-refractivity contribution in [2.75, 3.05) is 17.7 Å². The Morgan fingerprint density at radius 3 is 2.83 bits per heavy atom. The zero-order chi connectivity index (χ0) is 13.3. The Morgan fingerprint density at radius 2 is 2.17 bits per heavy atom. The van der Waals surface area contributed by atoms with Crippen molar-refractivity contribution in [3.63, 3.8) is 0 Å². The predicted octanol–water partition coefficient (Wildman–Crippen LogP) is 3.75. The van der Waals surface area contributed by atoms with Gasteiger partial charge in [-0.15, -0.1) is 0 Å². The summed E-state index contributed by atoms with van der Waals surface area (Å²) >= 11 is 3.63. The molecule has 2 atom stereocenters. The minimum atomic E-state index is 0.598. The first-order chi connectivity index (χ1) is 8.50. The lowest BCUT2D eigenvalue weighted by molar-refractivity contribution is 0.335. The van der Waals surface area contributed by atoms with Crippen LogP contribution in [0, 0.1) is 12.8 Å². The summed E-state index contributed by atoms with van der Waals surface area (Å²) in [5.41, 5.74) is 7.70. The Morgan fingerprint density at radius 1 is 1.44 bits per heavy atom. The van der Waals surface area contributed by atoms with Crippen molar-refractivity contribution in [1.82, 2.24) is 4.98 Å². The standard InChI is InChI=1S/C14H22BrN3/c1-9-5-4-6-11(7-9)18(3)14-13(15)10(2)12(16)8-17-14/h8-9,11H,4-7,16H2,1-3H3. The average molecular weight is 312 g/mol. The van der Waals surface area contributed by atoms with E-state index in [1.54, 1.807) is 6.20 Å². The van der Waals surface area contributed by atoms with E-state index < -0.39 is 0 Å². The largest absolute Gasteiger partial charge is 0.397 e. The maximum atomic E-state index is 5.88. The van der Waals surface area contributed by atoms with Crippen LogP contribution >= 0.6 is 15.9 Å². The summed E-state index contributed by atoms with van der Waals surface area (Å²) in [4.78, 5) is 6.80. The van der Waals surface area contributed by atoms with Crippen LogP contribution < -0.4 is 10.6 Å². The van der Waals surface area contributed by atoms with E-state index in [1.165, 1.54) is 25.7 Å². The molecule has 0 amide bonds. The van der Waals surface area contributed by atoms with E-state index in [4.69, 9.17) is 5.73 Å². The normalized spacial score (nSPS) is 24.0. The van der Waals surface area contributed by atoms with Gasteiger partial charge in [0.2, 0.25) is 0 Å². The van der Waals surface area contributed by atoms with Crippen molar-refractivity contribution >= 4 is 27.4 Å². The van der Waals surface area contributed by atoms with Gasteiger partial charge in [0.15, 0.2) is 0 Å². The van der Waals surface area contributed by atoms with Gasteiger partial charge in [-0.3, -0.25) is 0 Å². The highest BCUT2D eigenvalue weighted by Gasteiger charge is 2.24. The predicted molar refractivity (Wildman–Crippen MR) is 80.9 cm³/mol. The fourth-order valence-electron chi connectivity index (χ4n) is 2.75. The number of nitrogen functional groups attached to an aromatic ring is 1. The molecule has 4 heteroatoms. The first-order valence-corrected chi connectivity index (χ1v) is 7.43. The highest BCUT2D eigenvalue weighted by molar-refractivity contribution is 9.10.